The van der Waals surface area contributed by atoms with Crippen LogP contribution in [-0.2, 0) is 6.42 Å². The van der Waals surface area contributed by atoms with Gasteiger partial charge in [-0.25, -0.2) is 0 Å². The molecule has 0 fully saturated rings. The lowest BCUT2D eigenvalue weighted by molar-refractivity contribution is 1.24. The SMILES string of the molecule is Cc1ccc(C)c(C)c1.Cc1ccc2c(c1)Cc1cc(C)ccc1-2.Cc1ccc2ccc(C)cc2c1.Cc1ccccc1C. The van der Waals surface area contributed by atoms with Crippen molar-refractivity contribution < 1.29 is 0 Å². The van der Waals surface area contributed by atoms with E-state index in [0.29, 0.717) is 0 Å². The van der Waals surface area contributed by atoms with Crippen molar-refractivity contribution in [3.63, 3.8) is 0 Å². The van der Waals surface area contributed by atoms with Gasteiger partial charge in [0.05, 0.1) is 0 Å². The highest BCUT2D eigenvalue weighted by molar-refractivity contribution is 5.83. The highest BCUT2D eigenvalue weighted by Gasteiger charge is 2.17. The van der Waals surface area contributed by atoms with Crippen LogP contribution in [0.2, 0.25) is 0 Å². The van der Waals surface area contributed by atoms with Crippen LogP contribution >= 0.6 is 0 Å². The molecule has 0 heterocycles. The first kappa shape index (κ1) is 32.5. The molecule has 0 unspecified atom stereocenters. The predicted molar refractivity (Wildman–Crippen MR) is 194 cm³/mol. The van der Waals surface area contributed by atoms with Gasteiger partial charge in [0.25, 0.3) is 0 Å². The minimum atomic E-state index is 1.11. The van der Waals surface area contributed by atoms with Gasteiger partial charge in [0, 0.05) is 0 Å². The molecule has 6 aromatic carbocycles. The Morgan fingerprint density at radius 1 is 0.318 bits per heavy atom. The van der Waals surface area contributed by atoms with Crippen LogP contribution in [0.3, 0.4) is 0 Å². The first-order chi connectivity index (χ1) is 21.0. The molecule has 0 saturated heterocycles. The van der Waals surface area contributed by atoms with Crippen molar-refractivity contribution in [3.05, 3.63) is 176 Å². The van der Waals surface area contributed by atoms with Crippen LogP contribution in [0.4, 0.5) is 0 Å². The molecule has 0 bridgehead atoms. The average molecular weight is 577 g/mol. The fraction of sp³-hybridized carbons (Fsp3) is 0.227. The Morgan fingerprint density at radius 3 is 1.14 bits per heavy atom. The van der Waals surface area contributed by atoms with Gasteiger partial charge >= 0.3 is 0 Å². The summed E-state index contributed by atoms with van der Waals surface area (Å²) in [6.07, 6.45) is 1.11. The molecule has 0 atom stereocenters. The molecule has 0 amide bonds. The molecular weight excluding hydrogens is 528 g/mol. The van der Waals surface area contributed by atoms with Gasteiger partial charge in [-0.2, -0.15) is 0 Å². The highest BCUT2D eigenvalue weighted by atomic mass is 14.2. The second-order valence-corrected chi connectivity index (χ2v) is 12.5. The zero-order chi connectivity index (χ0) is 31.8. The number of benzene rings is 6. The molecule has 0 spiro atoms. The Kier molecular flexibility index (Phi) is 11.0. The van der Waals surface area contributed by atoms with Crippen LogP contribution in [0, 0.1) is 62.3 Å². The maximum Gasteiger partial charge on any atom is -0.00133 e. The molecule has 0 nitrogen and oxygen atoms in total. The Balaban J connectivity index is 0.000000138. The van der Waals surface area contributed by atoms with E-state index >= 15 is 0 Å². The summed E-state index contributed by atoms with van der Waals surface area (Å²) in [5.41, 5.74) is 18.0. The molecule has 44 heavy (non-hydrogen) atoms. The summed E-state index contributed by atoms with van der Waals surface area (Å²) in [6.45, 7) is 19.2. The molecule has 6 aromatic rings. The van der Waals surface area contributed by atoms with Crippen molar-refractivity contribution in [2.24, 2.45) is 0 Å². The first-order valence-electron chi connectivity index (χ1n) is 15.7. The van der Waals surface area contributed by atoms with Crippen LogP contribution in [0.15, 0.2) is 115 Å². The van der Waals surface area contributed by atoms with E-state index in [1.165, 1.54) is 83.1 Å². The average Bonchev–Trinajstić information content (AvgIpc) is 3.34. The molecule has 1 aliphatic rings. The lowest BCUT2D eigenvalue weighted by Crippen LogP contribution is -1.81. The molecule has 0 radical (unpaired) electrons. The molecule has 7 rings (SSSR count). The van der Waals surface area contributed by atoms with Crippen LogP contribution < -0.4 is 0 Å². The summed E-state index contributed by atoms with van der Waals surface area (Å²) < 4.78 is 0. The van der Waals surface area contributed by atoms with Gasteiger partial charge in [-0.05, 0) is 124 Å². The number of hydrogen-bond donors (Lipinski definition) is 0. The van der Waals surface area contributed by atoms with Crippen molar-refractivity contribution in [1.82, 2.24) is 0 Å². The lowest BCUT2D eigenvalue weighted by atomic mass is 10.0. The maximum absolute atomic E-state index is 2.31. The number of hydrogen-bond acceptors (Lipinski definition) is 0. The van der Waals surface area contributed by atoms with Gasteiger partial charge in [0.15, 0.2) is 0 Å². The standard InChI is InChI=1S/C15H14.C12H12.C9H12.C8H10/c1-10-3-5-14-12(7-10)9-13-8-11(2)4-6-15(13)14;1-9-3-5-11-6-4-10(2)8-12(11)7-9;1-7-4-5-8(2)9(3)6-7;1-7-5-3-4-6-8(7)2/h3-8H,9H2,1-2H3;3-8H,1-2H3;4-6H,1-3H3;3-6H,1-2H3. The Bertz CT molecular complexity index is 1760. The van der Waals surface area contributed by atoms with E-state index < -0.39 is 0 Å². The Hall–Kier alpha value is -4.42. The Morgan fingerprint density at radius 2 is 0.705 bits per heavy atom. The van der Waals surface area contributed by atoms with Gasteiger partial charge < -0.3 is 0 Å². The molecule has 0 N–H and O–H groups in total. The number of fused-ring (bicyclic) bond motifs is 4. The molecule has 0 aromatic heterocycles. The fourth-order valence-electron chi connectivity index (χ4n) is 5.51. The molecule has 0 heteroatoms. The third-order valence-electron chi connectivity index (χ3n) is 8.43. The van der Waals surface area contributed by atoms with Crippen LogP contribution in [-0.4, -0.2) is 0 Å². The van der Waals surface area contributed by atoms with Gasteiger partial charge in [-0.1, -0.05) is 143 Å². The zero-order valence-electron chi connectivity index (χ0n) is 28.2. The number of aryl methyl sites for hydroxylation is 9. The summed E-state index contributed by atoms with van der Waals surface area (Å²) in [4.78, 5) is 0. The summed E-state index contributed by atoms with van der Waals surface area (Å²) >= 11 is 0. The van der Waals surface area contributed by atoms with Crippen LogP contribution in [0.1, 0.15) is 61.2 Å². The largest absolute Gasteiger partial charge is 0.0620 e. The van der Waals surface area contributed by atoms with E-state index in [2.05, 4.69) is 178 Å². The molecule has 1 aliphatic carbocycles. The second-order valence-electron chi connectivity index (χ2n) is 12.5. The summed E-state index contributed by atoms with van der Waals surface area (Å²) in [6, 6.07) is 41.5. The Labute approximate surface area is 266 Å². The predicted octanol–water partition coefficient (Wildman–Crippen LogP) is 12.2. The van der Waals surface area contributed by atoms with E-state index in [0.717, 1.165) is 6.42 Å². The smallest absolute Gasteiger partial charge is 0.00133 e. The zero-order valence-corrected chi connectivity index (χ0v) is 28.2. The van der Waals surface area contributed by atoms with Crippen molar-refractivity contribution >= 4 is 10.8 Å². The third kappa shape index (κ3) is 8.80. The van der Waals surface area contributed by atoms with E-state index in [9.17, 15) is 0 Å². The maximum atomic E-state index is 2.31. The monoisotopic (exact) mass is 576 g/mol. The lowest BCUT2D eigenvalue weighted by Gasteiger charge is -2.01. The van der Waals surface area contributed by atoms with E-state index in [4.69, 9.17) is 0 Å². The van der Waals surface area contributed by atoms with Crippen LogP contribution in [0.25, 0.3) is 21.9 Å². The molecule has 0 aliphatic heterocycles. The highest BCUT2D eigenvalue weighted by Crippen LogP contribution is 2.37. The third-order valence-corrected chi connectivity index (χ3v) is 8.43. The topological polar surface area (TPSA) is 0 Å². The summed E-state index contributed by atoms with van der Waals surface area (Å²) in [7, 11) is 0. The second kappa shape index (κ2) is 14.8. The van der Waals surface area contributed by atoms with Gasteiger partial charge in [0.1, 0.15) is 0 Å². The van der Waals surface area contributed by atoms with E-state index in [-0.39, 0.29) is 0 Å². The van der Waals surface area contributed by atoms with Gasteiger partial charge in [0.2, 0.25) is 0 Å². The first-order valence-corrected chi connectivity index (χ1v) is 15.7. The summed E-state index contributed by atoms with van der Waals surface area (Å²) in [5, 5.41) is 2.67. The molecule has 0 saturated carbocycles. The van der Waals surface area contributed by atoms with Crippen molar-refractivity contribution in [3.8, 4) is 11.1 Å². The normalized spacial score (nSPS) is 10.8. The van der Waals surface area contributed by atoms with Crippen molar-refractivity contribution in [2.75, 3.05) is 0 Å². The minimum Gasteiger partial charge on any atom is -0.0620 e. The van der Waals surface area contributed by atoms with E-state index in [1.807, 2.05) is 0 Å². The van der Waals surface area contributed by atoms with E-state index in [1.54, 1.807) is 0 Å². The fourth-order valence-corrected chi connectivity index (χ4v) is 5.51. The van der Waals surface area contributed by atoms with Gasteiger partial charge in [-0.15, -0.1) is 0 Å². The van der Waals surface area contributed by atoms with Crippen LogP contribution in [0.5, 0.6) is 0 Å². The van der Waals surface area contributed by atoms with Crippen molar-refractivity contribution in [1.29, 1.82) is 0 Å². The van der Waals surface area contributed by atoms with Crippen molar-refractivity contribution in [2.45, 2.75) is 68.7 Å². The molecular formula is C44H48. The summed E-state index contributed by atoms with van der Waals surface area (Å²) in [5.74, 6) is 0. The minimum absolute atomic E-state index is 1.11. The number of rotatable bonds is 0. The molecule has 224 valence electrons. The quantitative estimate of drug-likeness (QED) is 0.168. The van der Waals surface area contributed by atoms with Gasteiger partial charge in [-0.3, -0.25) is 0 Å².